The second kappa shape index (κ2) is 4.87. The molecule has 1 saturated carbocycles. The van der Waals surface area contributed by atoms with Crippen molar-refractivity contribution in [3.63, 3.8) is 0 Å². The Balaban J connectivity index is 1.98. The van der Waals surface area contributed by atoms with Crippen LogP contribution in [0.15, 0.2) is 6.07 Å². The van der Waals surface area contributed by atoms with Gasteiger partial charge in [-0.3, -0.25) is 0 Å². The summed E-state index contributed by atoms with van der Waals surface area (Å²) < 4.78 is 5.56. The molecule has 0 aliphatic heterocycles. The van der Waals surface area contributed by atoms with Crippen molar-refractivity contribution >= 4 is 17.3 Å². The van der Waals surface area contributed by atoms with E-state index in [4.69, 9.17) is 9.84 Å². The lowest BCUT2D eigenvalue weighted by Gasteiger charge is -2.03. The smallest absolute Gasteiger partial charge is 0.349 e. The lowest BCUT2D eigenvalue weighted by atomic mass is 10.3. The molecule has 0 atom stereocenters. The van der Waals surface area contributed by atoms with Crippen molar-refractivity contribution in [2.75, 3.05) is 6.61 Å². The molecule has 0 radical (unpaired) electrons. The summed E-state index contributed by atoms with van der Waals surface area (Å²) in [6, 6.07) is 1.86. The number of carbonyl (C=O) groups is 1. The molecule has 2 rings (SSSR count). The van der Waals surface area contributed by atoms with Crippen LogP contribution in [0.5, 0.6) is 5.75 Å². The van der Waals surface area contributed by atoms with Gasteiger partial charge in [-0.1, -0.05) is 19.8 Å². The molecule has 0 aromatic carbocycles. The first-order valence-corrected chi connectivity index (χ1v) is 6.51. The third-order valence-corrected chi connectivity index (χ3v) is 4.02. The molecule has 4 heteroatoms. The van der Waals surface area contributed by atoms with Gasteiger partial charge in [0, 0.05) is 4.88 Å². The second-order valence-corrected chi connectivity index (χ2v) is 5.28. The van der Waals surface area contributed by atoms with E-state index in [-0.39, 0.29) is 0 Å². The van der Waals surface area contributed by atoms with Gasteiger partial charge in [-0.25, -0.2) is 4.79 Å². The molecule has 1 aromatic heterocycles. The Morgan fingerprint density at radius 1 is 1.62 bits per heavy atom. The number of thiophene rings is 1. The third kappa shape index (κ3) is 2.76. The number of ether oxygens (including phenoxy) is 1. The zero-order valence-electron chi connectivity index (χ0n) is 9.36. The monoisotopic (exact) mass is 240 g/mol. The van der Waals surface area contributed by atoms with E-state index in [0.717, 1.165) is 23.6 Å². The second-order valence-electron chi connectivity index (χ2n) is 4.15. The van der Waals surface area contributed by atoms with Crippen LogP contribution in [0.2, 0.25) is 0 Å². The van der Waals surface area contributed by atoms with Crippen molar-refractivity contribution in [3.8, 4) is 5.75 Å². The van der Waals surface area contributed by atoms with Crippen molar-refractivity contribution in [3.05, 3.63) is 15.8 Å². The average molecular weight is 240 g/mol. The highest BCUT2D eigenvalue weighted by Crippen LogP contribution is 2.34. The fourth-order valence-corrected chi connectivity index (χ4v) is 2.47. The zero-order valence-corrected chi connectivity index (χ0v) is 10.2. The van der Waals surface area contributed by atoms with Crippen LogP contribution in [0.1, 0.15) is 40.7 Å². The van der Waals surface area contributed by atoms with Gasteiger partial charge >= 0.3 is 5.97 Å². The predicted molar refractivity (Wildman–Crippen MR) is 63.5 cm³/mol. The predicted octanol–water partition coefficient (Wildman–Crippen LogP) is 3.19. The fraction of sp³-hybridized carbons (Fsp3) is 0.583. The maximum absolute atomic E-state index is 11.0. The summed E-state index contributed by atoms with van der Waals surface area (Å²) in [7, 11) is 0. The molecular formula is C12H16O3S. The van der Waals surface area contributed by atoms with Crippen LogP contribution in [0.3, 0.4) is 0 Å². The molecule has 16 heavy (non-hydrogen) atoms. The standard InChI is InChI=1S/C12H16O3S/c1-2-9-7-10(11(16-9)12(13)14)15-6-5-8-3-4-8/h7-8H,2-6H2,1H3,(H,13,14). The molecular weight excluding hydrogens is 224 g/mol. The number of carboxylic acids is 1. The molecule has 1 aliphatic rings. The minimum absolute atomic E-state index is 0.340. The van der Waals surface area contributed by atoms with Gasteiger partial charge in [0.15, 0.2) is 4.88 Å². The highest BCUT2D eigenvalue weighted by Gasteiger charge is 2.22. The van der Waals surface area contributed by atoms with Gasteiger partial charge in [0.25, 0.3) is 0 Å². The topological polar surface area (TPSA) is 46.5 Å². The number of aryl methyl sites for hydroxylation is 1. The first-order valence-electron chi connectivity index (χ1n) is 5.69. The van der Waals surface area contributed by atoms with E-state index < -0.39 is 5.97 Å². The van der Waals surface area contributed by atoms with Gasteiger partial charge in [-0.15, -0.1) is 11.3 Å². The van der Waals surface area contributed by atoms with E-state index in [1.165, 1.54) is 24.2 Å². The summed E-state index contributed by atoms with van der Waals surface area (Å²) >= 11 is 1.32. The van der Waals surface area contributed by atoms with Gasteiger partial charge in [-0.05, 0) is 24.8 Å². The minimum Gasteiger partial charge on any atom is -0.492 e. The van der Waals surface area contributed by atoms with Crippen LogP contribution < -0.4 is 4.74 Å². The molecule has 1 aromatic rings. The van der Waals surface area contributed by atoms with E-state index in [9.17, 15) is 4.79 Å². The van der Waals surface area contributed by atoms with Crippen LogP contribution in [0, 0.1) is 5.92 Å². The van der Waals surface area contributed by atoms with Crippen molar-refractivity contribution in [2.24, 2.45) is 5.92 Å². The first kappa shape index (κ1) is 11.5. The summed E-state index contributed by atoms with van der Waals surface area (Å²) in [5.41, 5.74) is 0. The van der Waals surface area contributed by atoms with Crippen molar-refractivity contribution < 1.29 is 14.6 Å². The van der Waals surface area contributed by atoms with Gasteiger partial charge in [0.1, 0.15) is 5.75 Å². The van der Waals surface area contributed by atoms with Crippen LogP contribution in [-0.2, 0) is 6.42 Å². The molecule has 0 bridgehead atoms. The molecule has 0 amide bonds. The van der Waals surface area contributed by atoms with E-state index in [2.05, 4.69) is 0 Å². The number of carboxylic acid groups (broad SMARTS) is 1. The maximum atomic E-state index is 11.0. The van der Waals surface area contributed by atoms with Crippen molar-refractivity contribution in [1.29, 1.82) is 0 Å². The Morgan fingerprint density at radius 2 is 2.38 bits per heavy atom. The van der Waals surface area contributed by atoms with Gasteiger partial charge in [0.2, 0.25) is 0 Å². The molecule has 3 nitrogen and oxygen atoms in total. The lowest BCUT2D eigenvalue weighted by molar-refractivity contribution is 0.0698. The highest BCUT2D eigenvalue weighted by atomic mass is 32.1. The average Bonchev–Trinajstić information content (AvgIpc) is 2.96. The summed E-state index contributed by atoms with van der Waals surface area (Å²) in [5.74, 6) is 0.485. The number of aromatic carboxylic acids is 1. The largest absolute Gasteiger partial charge is 0.492 e. The normalized spacial score (nSPS) is 15.1. The summed E-state index contributed by atoms with van der Waals surface area (Å²) in [6.07, 6.45) is 4.52. The fourth-order valence-electron chi connectivity index (χ4n) is 1.60. The van der Waals surface area contributed by atoms with Crippen molar-refractivity contribution in [1.82, 2.24) is 0 Å². The van der Waals surface area contributed by atoms with Gasteiger partial charge in [-0.2, -0.15) is 0 Å². The molecule has 0 saturated heterocycles. The van der Waals surface area contributed by atoms with Crippen LogP contribution in [0.4, 0.5) is 0 Å². The van der Waals surface area contributed by atoms with E-state index >= 15 is 0 Å². The minimum atomic E-state index is -0.883. The number of rotatable bonds is 6. The SMILES string of the molecule is CCc1cc(OCCC2CC2)c(C(=O)O)s1. The zero-order chi connectivity index (χ0) is 11.5. The van der Waals surface area contributed by atoms with E-state index in [0.29, 0.717) is 17.2 Å². The summed E-state index contributed by atoms with van der Waals surface area (Å²) in [5, 5.41) is 9.03. The Morgan fingerprint density at radius 3 is 2.94 bits per heavy atom. The summed E-state index contributed by atoms with van der Waals surface area (Å²) in [6.45, 7) is 2.66. The van der Waals surface area contributed by atoms with Crippen molar-refractivity contribution in [2.45, 2.75) is 32.6 Å². The summed E-state index contributed by atoms with van der Waals surface area (Å²) in [4.78, 5) is 12.4. The molecule has 1 aliphatic carbocycles. The van der Waals surface area contributed by atoms with Crippen LogP contribution >= 0.6 is 11.3 Å². The van der Waals surface area contributed by atoms with Gasteiger partial charge in [0.05, 0.1) is 6.61 Å². The Bertz CT molecular complexity index is 380. The molecule has 88 valence electrons. The van der Waals surface area contributed by atoms with Gasteiger partial charge < -0.3 is 9.84 Å². The Kier molecular flexibility index (Phi) is 3.49. The molecule has 1 heterocycles. The van der Waals surface area contributed by atoms with Crippen LogP contribution in [0.25, 0.3) is 0 Å². The van der Waals surface area contributed by atoms with E-state index in [1.807, 2.05) is 13.0 Å². The first-order chi connectivity index (χ1) is 7.70. The Hall–Kier alpha value is -1.03. The highest BCUT2D eigenvalue weighted by molar-refractivity contribution is 7.14. The van der Waals surface area contributed by atoms with E-state index in [1.54, 1.807) is 0 Å². The molecule has 0 spiro atoms. The molecule has 1 N–H and O–H groups in total. The lowest BCUT2D eigenvalue weighted by Crippen LogP contribution is -2.01. The Labute approximate surface area is 99.1 Å². The quantitative estimate of drug-likeness (QED) is 0.830. The maximum Gasteiger partial charge on any atom is 0.349 e. The number of hydrogen-bond donors (Lipinski definition) is 1. The van der Waals surface area contributed by atoms with Crippen LogP contribution in [-0.4, -0.2) is 17.7 Å². The molecule has 0 unspecified atom stereocenters. The number of hydrogen-bond acceptors (Lipinski definition) is 3. The molecule has 1 fully saturated rings. The third-order valence-electron chi connectivity index (χ3n) is 2.77.